The number of ether oxygens (including phenoxy) is 1. The summed E-state index contributed by atoms with van der Waals surface area (Å²) in [6.07, 6.45) is 6.91. The minimum atomic E-state index is -1.04. The standard InChI is InChI=1S/C31H35FN4O4/c1-40-26-12-7-11-25(21-26)36(29(38)15-8-14-28(37)35-27-13-5-6-20-33-27)30(22-16-18-23(32)19-17-22)31(39)34-24-9-3-2-4-10-24/h5-7,11-13,16-21,24,30H,2-4,8-10,14-15H2,1H3,(H,34,39)(H,33,35,37). The van der Waals surface area contributed by atoms with E-state index in [1.165, 1.54) is 36.3 Å². The van der Waals surface area contributed by atoms with Crippen molar-refractivity contribution in [3.05, 3.63) is 84.3 Å². The minimum Gasteiger partial charge on any atom is -0.497 e. The number of hydrogen-bond donors (Lipinski definition) is 2. The highest BCUT2D eigenvalue weighted by molar-refractivity contribution is 6.01. The number of benzene rings is 2. The van der Waals surface area contributed by atoms with Crippen LogP contribution in [0.15, 0.2) is 72.9 Å². The number of hydrogen-bond acceptors (Lipinski definition) is 5. The van der Waals surface area contributed by atoms with E-state index in [9.17, 15) is 18.8 Å². The molecular formula is C31H35FN4O4. The normalized spacial score (nSPS) is 14.2. The first-order chi connectivity index (χ1) is 19.4. The number of nitrogens with zero attached hydrogens (tertiary/aromatic N) is 2. The minimum absolute atomic E-state index is 0.0151. The Kier molecular flexibility index (Phi) is 10.2. The van der Waals surface area contributed by atoms with Crippen LogP contribution in [-0.4, -0.2) is 35.9 Å². The zero-order chi connectivity index (χ0) is 28.3. The van der Waals surface area contributed by atoms with E-state index < -0.39 is 11.9 Å². The van der Waals surface area contributed by atoms with E-state index in [2.05, 4.69) is 15.6 Å². The van der Waals surface area contributed by atoms with Crippen molar-refractivity contribution in [2.75, 3.05) is 17.3 Å². The topological polar surface area (TPSA) is 101 Å². The van der Waals surface area contributed by atoms with Crippen LogP contribution in [0.2, 0.25) is 0 Å². The molecule has 1 saturated carbocycles. The van der Waals surface area contributed by atoms with Crippen LogP contribution in [0.4, 0.5) is 15.9 Å². The molecule has 4 rings (SSSR count). The zero-order valence-electron chi connectivity index (χ0n) is 22.6. The molecule has 1 atom stereocenters. The third-order valence-corrected chi connectivity index (χ3v) is 6.97. The van der Waals surface area contributed by atoms with Crippen molar-refractivity contribution in [2.24, 2.45) is 0 Å². The Bertz CT molecular complexity index is 1280. The average Bonchev–Trinajstić information content (AvgIpc) is 2.97. The number of pyridine rings is 1. The SMILES string of the molecule is COc1cccc(N(C(=O)CCCC(=O)Nc2ccccn2)C(C(=O)NC2CCCCC2)c2ccc(F)cc2)c1. The van der Waals surface area contributed by atoms with Gasteiger partial charge >= 0.3 is 0 Å². The number of carbonyl (C=O) groups is 3. The lowest BCUT2D eigenvalue weighted by Crippen LogP contribution is -2.47. The third kappa shape index (κ3) is 7.88. The molecule has 1 heterocycles. The molecule has 3 amide bonds. The van der Waals surface area contributed by atoms with Gasteiger partial charge in [-0.2, -0.15) is 0 Å². The molecule has 0 saturated heterocycles. The highest BCUT2D eigenvalue weighted by atomic mass is 19.1. The number of amides is 3. The van der Waals surface area contributed by atoms with Gasteiger partial charge in [-0.25, -0.2) is 9.37 Å². The van der Waals surface area contributed by atoms with Crippen LogP contribution in [0.3, 0.4) is 0 Å². The van der Waals surface area contributed by atoms with Crippen LogP contribution in [-0.2, 0) is 14.4 Å². The first kappa shape index (κ1) is 28.7. The maximum atomic E-state index is 13.9. The van der Waals surface area contributed by atoms with Crippen LogP contribution >= 0.6 is 0 Å². The second-order valence-corrected chi connectivity index (χ2v) is 9.88. The first-order valence-electron chi connectivity index (χ1n) is 13.7. The quantitative estimate of drug-likeness (QED) is 0.328. The molecule has 210 valence electrons. The third-order valence-electron chi connectivity index (χ3n) is 6.97. The van der Waals surface area contributed by atoms with Crippen LogP contribution < -0.4 is 20.3 Å². The van der Waals surface area contributed by atoms with Crippen LogP contribution in [0.5, 0.6) is 5.75 Å². The maximum absolute atomic E-state index is 13.9. The number of anilines is 2. The summed E-state index contributed by atoms with van der Waals surface area (Å²) in [6, 6.07) is 16.7. The number of nitrogens with one attached hydrogen (secondary N) is 2. The van der Waals surface area contributed by atoms with Crippen molar-refractivity contribution in [2.45, 2.75) is 63.5 Å². The van der Waals surface area contributed by atoms with Gasteiger partial charge in [0, 0.05) is 36.8 Å². The predicted molar refractivity (Wildman–Crippen MR) is 151 cm³/mol. The Morgan fingerprint density at radius 1 is 1.00 bits per heavy atom. The molecule has 2 aromatic carbocycles. The Balaban J connectivity index is 1.59. The zero-order valence-corrected chi connectivity index (χ0v) is 22.6. The first-order valence-corrected chi connectivity index (χ1v) is 13.7. The van der Waals surface area contributed by atoms with Gasteiger partial charge in [-0.05, 0) is 61.2 Å². The molecule has 40 heavy (non-hydrogen) atoms. The fourth-order valence-corrected chi connectivity index (χ4v) is 4.95. The number of methoxy groups -OCH3 is 1. The van der Waals surface area contributed by atoms with Gasteiger partial charge in [0.1, 0.15) is 23.4 Å². The van der Waals surface area contributed by atoms with Crippen molar-refractivity contribution in [1.82, 2.24) is 10.3 Å². The lowest BCUT2D eigenvalue weighted by atomic mass is 9.94. The second kappa shape index (κ2) is 14.2. The molecule has 9 heteroatoms. The summed E-state index contributed by atoms with van der Waals surface area (Å²) in [5, 5.41) is 5.86. The maximum Gasteiger partial charge on any atom is 0.248 e. The van der Waals surface area contributed by atoms with Gasteiger partial charge in [-0.15, -0.1) is 0 Å². The molecule has 2 N–H and O–H groups in total. The molecular weight excluding hydrogens is 511 g/mol. The molecule has 1 fully saturated rings. The van der Waals surface area contributed by atoms with E-state index in [4.69, 9.17) is 4.74 Å². The number of carbonyl (C=O) groups excluding carboxylic acids is 3. The van der Waals surface area contributed by atoms with Crippen LogP contribution in [0, 0.1) is 5.82 Å². The molecule has 0 aliphatic heterocycles. The van der Waals surface area contributed by atoms with Crippen molar-refractivity contribution < 1.29 is 23.5 Å². The van der Waals surface area contributed by atoms with E-state index in [1.807, 2.05) is 0 Å². The number of rotatable bonds is 11. The largest absolute Gasteiger partial charge is 0.497 e. The van der Waals surface area contributed by atoms with Gasteiger partial charge < -0.3 is 15.4 Å². The van der Waals surface area contributed by atoms with Crippen molar-refractivity contribution in [3.8, 4) is 5.75 Å². The fraction of sp³-hybridized carbons (Fsp3) is 0.355. The number of aromatic nitrogens is 1. The molecule has 1 aliphatic rings. The van der Waals surface area contributed by atoms with Gasteiger partial charge in [0.25, 0.3) is 0 Å². The highest BCUT2D eigenvalue weighted by Gasteiger charge is 2.34. The Morgan fingerprint density at radius 2 is 1.77 bits per heavy atom. The predicted octanol–water partition coefficient (Wildman–Crippen LogP) is 5.56. The van der Waals surface area contributed by atoms with Gasteiger partial charge in [-0.3, -0.25) is 19.3 Å². The van der Waals surface area contributed by atoms with E-state index in [-0.39, 0.29) is 43.0 Å². The van der Waals surface area contributed by atoms with E-state index in [1.54, 1.807) is 48.7 Å². The van der Waals surface area contributed by atoms with Crippen molar-refractivity contribution in [1.29, 1.82) is 0 Å². The van der Waals surface area contributed by atoms with Crippen molar-refractivity contribution >= 4 is 29.2 Å². The summed E-state index contributed by atoms with van der Waals surface area (Å²) in [5.74, 6) is -0.407. The summed E-state index contributed by atoms with van der Waals surface area (Å²) in [4.78, 5) is 45.7. The van der Waals surface area contributed by atoms with Gasteiger partial charge in [0.05, 0.1) is 7.11 Å². The molecule has 1 aliphatic carbocycles. The van der Waals surface area contributed by atoms with Gasteiger partial charge in [-0.1, -0.05) is 43.5 Å². The molecule has 8 nitrogen and oxygen atoms in total. The lowest BCUT2D eigenvalue weighted by molar-refractivity contribution is -0.127. The summed E-state index contributed by atoms with van der Waals surface area (Å²) < 4.78 is 19.3. The average molecular weight is 547 g/mol. The second-order valence-electron chi connectivity index (χ2n) is 9.88. The highest BCUT2D eigenvalue weighted by Crippen LogP contribution is 2.32. The summed E-state index contributed by atoms with van der Waals surface area (Å²) in [5.41, 5.74) is 0.953. The molecule has 3 aromatic rings. The lowest BCUT2D eigenvalue weighted by Gasteiger charge is -2.33. The molecule has 1 aromatic heterocycles. The van der Waals surface area contributed by atoms with E-state index in [0.717, 1.165) is 32.1 Å². The summed E-state index contributed by atoms with van der Waals surface area (Å²) >= 11 is 0. The van der Waals surface area contributed by atoms with Crippen LogP contribution in [0.1, 0.15) is 63.0 Å². The monoisotopic (exact) mass is 546 g/mol. The Morgan fingerprint density at radius 3 is 2.48 bits per heavy atom. The Labute approximate surface area is 233 Å². The fourth-order valence-electron chi connectivity index (χ4n) is 4.95. The Hall–Kier alpha value is -4.27. The van der Waals surface area contributed by atoms with Crippen LogP contribution in [0.25, 0.3) is 0 Å². The van der Waals surface area contributed by atoms with Gasteiger partial charge in [0.15, 0.2) is 0 Å². The summed E-state index contributed by atoms with van der Waals surface area (Å²) in [6.45, 7) is 0. The van der Waals surface area contributed by atoms with Crippen molar-refractivity contribution in [3.63, 3.8) is 0 Å². The molecule has 0 spiro atoms. The number of halogens is 1. The van der Waals surface area contributed by atoms with E-state index in [0.29, 0.717) is 22.8 Å². The molecule has 0 radical (unpaired) electrons. The molecule has 1 unspecified atom stereocenters. The van der Waals surface area contributed by atoms with Gasteiger partial charge in [0.2, 0.25) is 17.7 Å². The smallest absolute Gasteiger partial charge is 0.248 e. The summed E-state index contributed by atoms with van der Waals surface area (Å²) in [7, 11) is 1.53. The molecule has 0 bridgehead atoms. The van der Waals surface area contributed by atoms with E-state index >= 15 is 0 Å².